The molecule has 1 N–H and O–H groups in total. The van der Waals surface area contributed by atoms with Crippen LogP contribution in [0.5, 0.6) is 0 Å². The number of nitrogens with one attached hydrogen (secondary N) is 1. The summed E-state index contributed by atoms with van der Waals surface area (Å²) in [6.45, 7) is 1.55. The number of benzene rings is 3. The maximum atomic E-state index is 13.1. The largest absolute Gasteiger partial charge is 0.335 e. The molecule has 0 bridgehead atoms. The standard InChI is InChI=1S/C28H25ClN4O4S/c29-23-7-1-2-8-24(23)31-28(35)33-17-15-32(16-18-33)27(34)22-12-10-20(11-13-22)19-38(36,37)25-9-3-5-21-6-4-14-30-26(21)25/h1-14H,15-19H2,(H,31,35). The van der Waals surface area contributed by atoms with Gasteiger partial charge in [0, 0.05) is 43.3 Å². The molecule has 0 saturated carbocycles. The minimum absolute atomic E-state index is 0.163. The molecule has 0 atom stereocenters. The van der Waals surface area contributed by atoms with E-state index in [-0.39, 0.29) is 22.6 Å². The van der Waals surface area contributed by atoms with E-state index < -0.39 is 9.84 Å². The fourth-order valence-electron chi connectivity index (χ4n) is 4.42. The third-order valence-corrected chi connectivity index (χ3v) is 8.50. The Kier molecular flexibility index (Phi) is 7.31. The third-order valence-electron chi connectivity index (χ3n) is 6.46. The molecule has 1 aliphatic heterocycles. The quantitative estimate of drug-likeness (QED) is 0.384. The lowest BCUT2D eigenvalue weighted by Crippen LogP contribution is -2.51. The summed E-state index contributed by atoms with van der Waals surface area (Å²) in [5.74, 6) is -0.361. The molecule has 2 heterocycles. The van der Waals surface area contributed by atoms with E-state index in [1.807, 2.05) is 12.1 Å². The Balaban J connectivity index is 1.20. The number of pyridine rings is 1. The summed E-state index contributed by atoms with van der Waals surface area (Å²) in [6.07, 6.45) is 1.58. The first-order valence-corrected chi connectivity index (χ1v) is 14.1. The molecule has 194 valence electrons. The highest BCUT2D eigenvalue weighted by Crippen LogP contribution is 2.25. The molecule has 0 aliphatic carbocycles. The number of halogens is 1. The predicted octanol–water partition coefficient (Wildman–Crippen LogP) is 4.85. The monoisotopic (exact) mass is 548 g/mol. The van der Waals surface area contributed by atoms with Gasteiger partial charge in [0.05, 0.1) is 26.9 Å². The Bertz CT molecular complexity index is 1600. The van der Waals surface area contributed by atoms with Crippen LogP contribution in [0.2, 0.25) is 5.02 Å². The zero-order chi connectivity index (χ0) is 26.7. The second-order valence-electron chi connectivity index (χ2n) is 8.98. The van der Waals surface area contributed by atoms with Crippen LogP contribution in [0.1, 0.15) is 15.9 Å². The number of hydrogen-bond donors (Lipinski definition) is 1. The Labute approximate surface area is 225 Å². The van der Waals surface area contributed by atoms with E-state index in [1.54, 1.807) is 82.7 Å². The number of amides is 3. The topological polar surface area (TPSA) is 99.7 Å². The molecule has 4 aromatic rings. The van der Waals surface area contributed by atoms with E-state index in [2.05, 4.69) is 10.3 Å². The number of hydrogen-bond acceptors (Lipinski definition) is 5. The van der Waals surface area contributed by atoms with Gasteiger partial charge >= 0.3 is 6.03 Å². The maximum Gasteiger partial charge on any atom is 0.322 e. The molecule has 1 fully saturated rings. The highest BCUT2D eigenvalue weighted by atomic mass is 35.5. The molecule has 1 aliphatic rings. The lowest BCUT2D eigenvalue weighted by molar-refractivity contribution is 0.0671. The molecule has 0 radical (unpaired) electrons. The van der Waals surface area contributed by atoms with Crippen molar-refractivity contribution < 1.29 is 18.0 Å². The number of anilines is 1. The SMILES string of the molecule is O=C(Nc1ccccc1Cl)N1CCN(C(=O)c2ccc(CS(=O)(=O)c3cccc4cccnc34)cc2)CC1. The van der Waals surface area contributed by atoms with Crippen LogP contribution in [0.15, 0.2) is 90.0 Å². The average molecular weight is 549 g/mol. The van der Waals surface area contributed by atoms with Crippen LogP contribution in [-0.2, 0) is 15.6 Å². The molecule has 0 unspecified atom stereocenters. The fraction of sp³-hybridized carbons (Fsp3) is 0.179. The number of carbonyl (C=O) groups excluding carboxylic acids is 2. The van der Waals surface area contributed by atoms with Crippen molar-refractivity contribution in [3.8, 4) is 0 Å². The van der Waals surface area contributed by atoms with Crippen LogP contribution in [-0.4, -0.2) is 61.3 Å². The van der Waals surface area contributed by atoms with E-state index in [9.17, 15) is 18.0 Å². The lowest BCUT2D eigenvalue weighted by Gasteiger charge is -2.34. The number of para-hydroxylation sites is 2. The fourth-order valence-corrected chi connectivity index (χ4v) is 6.14. The Morgan fingerprint density at radius 1 is 0.842 bits per heavy atom. The normalized spacial score (nSPS) is 13.9. The van der Waals surface area contributed by atoms with Gasteiger partial charge in [-0.1, -0.05) is 54.1 Å². The summed E-state index contributed by atoms with van der Waals surface area (Å²) in [5, 5.41) is 4.02. The smallest absolute Gasteiger partial charge is 0.322 e. The molecular weight excluding hydrogens is 524 g/mol. The zero-order valence-electron chi connectivity index (χ0n) is 20.4. The van der Waals surface area contributed by atoms with Gasteiger partial charge in [-0.05, 0) is 42.0 Å². The number of piperazine rings is 1. The van der Waals surface area contributed by atoms with Crippen molar-refractivity contribution in [2.24, 2.45) is 0 Å². The Hall–Kier alpha value is -3.95. The van der Waals surface area contributed by atoms with Crippen LogP contribution < -0.4 is 5.32 Å². The van der Waals surface area contributed by atoms with E-state index in [0.717, 1.165) is 5.39 Å². The molecule has 1 aromatic heterocycles. The van der Waals surface area contributed by atoms with Gasteiger partial charge in [-0.25, -0.2) is 13.2 Å². The predicted molar refractivity (Wildman–Crippen MR) is 147 cm³/mol. The van der Waals surface area contributed by atoms with Crippen LogP contribution in [0.25, 0.3) is 10.9 Å². The van der Waals surface area contributed by atoms with Gasteiger partial charge in [-0.3, -0.25) is 9.78 Å². The second-order valence-corrected chi connectivity index (χ2v) is 11.3. The number of aromatic nitrogens is 1. The summed E-state index contributed by atoms with van der Waals surface area (Å²) in [7, 11) is -3.64. The third kappa shape index (κ3) is 5.49. The number of fused-ring (bicyclic) bond motifs is 1. The average Bonchev–Trinajstić information content (AvgIpc) is 2.94. The summed E-state index contributed by atoms with van der Waals surface area (Å²) < 4.78 is 26.3. The highest BCUT2D eigenvalue weighted by molar-refractivity contribution is 7.90. The minimum atomic E-state index is -3.64. The molecule has 10 heteroatoms. The number of rotatable bonds is 5. The molecule has 3 aromatic carbocycles. The number of urea groups is 1. The van der Waals surface area contributed by atoms with Crippen LogP contribution >= 0.6 is 11.6 Å². The van der Waals surface area contributed by atoms with Gasteiger partial charge in [0.15, 0.2) is 9.84 Å². The van der Waals surface area contributed by atoms with Crippen molar-refractivity contribution in [3.63, 3.8) is 0 Å². The number of nitrogens with zero attached hydrogens (tertiary/aromatic N) is 3. The summed E-state index contributed by atoms with van der Waals surface area (Å²) in [5.41, 5.74) is 2.03. The van der Waals surface area contributed by atoms with Crippen molar-refractivity contribution in [3.05, 3.63) is 101 Å². The maximum absolute atomic E-state index is 13.1. The second kappa shape index (κ2) is 10.8. The molecule has 5 rings (SSSR count). The molecule has 0 spiro atoms. The Morgan fingerprint density at radius 2 is 1.53 bits per heavy atom. The van der Waals surface area contributed by atoms with Crippen molar-refractivity contribution in [2.45, 2.75) is 10.6 Å². The van der Waals surface area contributed by atoms with Gasteiger partial charge in [0.2, 0.25) is 0 Å². The molecular formula is C28H25ClN4O4S. The van der Waals surface area contributed by atoms with E-state index >= 15 is 0 Å². The highest BCUT2D eigenvalue weighted by Gasteiger charge is 2.25. The van der Waals surface area contributed by atoms with E-state index in [0.29, 0.717) is 53.5 Å². The van der Waals surface area contributed by atoms with Crippen molar-refractivity contribution >= 4 is 50.0 Å². The first-order chi connectivity index (χ1) is 18.3. The van der Waals surface area contributed by atoms with Gasteiger partial charge in [-0.2, -0.15) is 0 Å². The zero-order valence-corrected chi connectivity index (χ0v) is 22.0. The van der Waals surface area contributed by atoms with E-state index in [1.165, 1.54) is 0 Å². The first kappa shape index (κ1) is 25.7. The molecule has 8 nitrogen and oxygen atoms in total. The van der Waals surface area contributed by atoms with Crippen LogP contribution in [0.4, 0.5) is 10.5 Å². The minimum Gasteiger partial charge on any atom is -0.335 e. The van der Waals surface area contributed by atoms with Gasteiger partial charge in [0.1, 0.15) is 0 Å². The summed E-state index contributed by atoms with van der Waals surface area (Å²) in [6, 6.07) is 22.1. The number of carbonyl (C=O) groups is 2. The Morgan fingerprint density at radius 3 is 2.26 bits per heavy atom. The van der Waals surface area contributed by atoms with Crippen LogP contribution in [0, 0.1) is 0 Å². The van der Waals surface area contributed by atoms with Crippen molar-refractivity contribution in [2.75, 3.05) is 31.5 Å². The summed E-state index contributed by atoms with van der Waals surface area (Å²) in [4.78, 5) is 33.4. The van der Waals surface area contributed by atoms with Gasteiger partial charge < -0.3 is 15.1 Å². The van der Waals surface area contributed by atoms with Crippen molar-refractivity contribution in [1.29, 1.82) is 0 Å². The van der Waals surface area contributed by atoms with E-state index in [4.69, 9.17) is 11.6 Å². The first-order valence-electron chi connectivity index (χ1n) is 12.1. The summed E-state index contributed by atoms with van der Waals surface area (Å²) >= 11 is 6.12. The molecule has 3 amide bonds. The van der Waals surface area contributed by atoms with Gasteiger partial charge in [0.25, 0.3) is 5.91 Å². The lowest BCUT2D eigenvalue weighted by atomic mass is 10.1. The van der Waals surface area contributed by atoms with Crippen LogP contribution in [0.3, 0.4) is 0 Å². The number of sulfone groups is 1. The molecule has 1 saturated heterocycles. The van der Waals surface area contributed by atoms with Crippen molar-refractivity contribution in [1.82, 2.24) is 14.8 Å². The van der Waals surface area contributed by atoms with Gasteiger partial charge in [-0.15, -0.1) is 0 Å². The molecule has 38 heavy (non-hydrogen) atoms.